The van der Waals surface area contributed by atoms with Gasteiger partial charge in [-0.1, -0.05) is 19.1 Å². The highest BCUT2D eigenvalue weighted by Gasteiger charge is 2.22. The topological polar surface area (TPSA) is 43.8 Å². The molecule has 0 amide bonds. The van der Waals surface area contributed by atoms with Crippen molar-refractivity contribution < 1.29 is 4.39 Å². The molecule has 1 aromatic heterocycles. The zero-order valence-corrected chi connectivity index (χ0v) is 10.0. The van der Waals surface area contributed by atoms with Crippen LogP contribution in [0.15, 0.2) is 36.6 Å². The lowest BCUT2D eigenvalue weighted by atomic mass is 9.89. The highest BCUT2D eigenvalue weighted by molar-refractivity contribution is 5.18. The largest absolute Gasteiger partial charge is 0.334 e. The zero-order chi connectivity index (χ0) is 12.3. The van der Waals surface area contributed by atoms with Gasteiger partial charge in [-0.05, 0) is 12.6 Å². The van der Waals surface area contributed by atoms with Crippen LogP contribution in [0.4, 0.5) is 4.39 Å². The van der Waals surface area contributed by atoms with Crippen molar-refractivity contribution in [2.24, 2.45) is 17.6 Å². The van der Waals surface area contributed by atoms with E-state index in [4.69, 9.17) is 5.73 Å². The number of halogens is 1. The van der Waals surface area contributed by atoms with Crippen molar-refractivity contribution in [3.8, 4) is 0 Å². The SMILES string of the molecule is CC1C(F)=CC=CC1Cn1cncc1CCN. The van der Waals surface area contributed by atoms with Gasteiger partial charge in [-0.2, -0.15) is 0 Å². The molecule has 1 aliphatic rings. The standard InChI is InChI=1S/C13H18FN3/c1-10-11(3-2-4-13(10)14)8-17-9-16-7-12(17)5-6-15/h2-4,7,9-11H,5-6,8,15H2,1H3. The molecule has 1 heterocycles. The van der Waals surface area contributed by atoms with Gasteiger partial charge in [0.2, 0.25) is 0 Å². The van der Waals surface area contributed by atoms with Gasteiger partial charge in [-0.3, -0.25) is 0 Å². The van der Waals surface area contributed by atoms with Crippen LogP contribution in [0, 0.1) is 11.8 Å². The molecule has 0 bridgehead atoms. The fourth-order valence-corrected chi connectivity index (χ4v) is 2.13. The van der Waals surface area contributed by atoms with Gasteiger partial charge in [0, 0.05) is 36.7 Å². The molecule has 0 aromatic carbocycles. The van der Waals surface area contributed by atoms with Crippen molar-refractivity contribution in [3.05, 3.63) is 42.3 Å². The van der Waals surface area contributed by atoms with E-state index in [1.807, 2.05) is 13.1 Å². The molecule has 3 nitrogen and oxygen atoms in total. The lowest BCUT2D eigenvalue weighted by Crippen LogP contribution is -2.20. The monoisotopic (exact) mass is 235 g/mol. The van der Waals surface area contributed by atoms with Crippen LogP contribution in [0.25, 0.3) is 0 Å². The predicted molar refractivity (Wildman–Crippen MR) is 66.0 cm³/mol. The average molecular weight is 235 g/mol. The smallest absolute Gasteiger partial charge is 0.103 e. The minimum absolute atomic E-state index is 0.0435. The quantitative estimate of drug-likeness (QED) is 0.868. The first kappa shape index (κ1) is 12.0. The molecule has 2 atom stereocenters. The summed E-state index contributed by atoms with van der Waals surface area (Å²) in [6, 6.07) is 0. The molecule has 0 aliphatic heterocycles. The molecule has 0 spiro atoms. The lowest BCUT2D eigenvalue weighted by molar-refractivity contribution is 0.356. The Morgan fingerprint density at radius 1 is 1.53 bits per heavy atom. The molecule has 2 N–H and O–H groups in total. The second kappa shape index (κ2) is 5.27. The first-order valence-corrected chi connectivity index (χ1v) is 5.95. The fourth-order valence-electron chi connectivity index (χ4n) is 2.13. The van der Waals surface area contributed by atoms with E-state index in [2.05, 4.69) is 15.6 Å². The first-order chi connectivity index (χ1) is 8.22. The van der Waals surface area contributed by atoms with Gasteiger partial charge < -0.3 is 10.3 Å². The van der Waals surface area contributed by atoms with Crippen LogP contribution in [-0.4, -0.2) is 16.1 Å². The first-order valence-electron chi connectivity index (χ1n) is 5.95. The summed E-state index contributed by atoms with van der Waals surface area (Å²) in [6.45, 7) is 3.28. The summed E-state index contributed by atoms with van der Waals surface area (Å²) in [5.74, 6) is 0.0804. The van der Waals surface area contributed by atoms with Crippen molar-refractivity contribution >= 4 is 0 Å². The van der Waals surface area contributed by atoms with Gasteiger partial charge in [0.15, 0.2) is 0 Å². The zero-order valence-electron chi connectivity index (χ0n) is 10.0. The number of nitrogens with zero attached hydrogens (tertiary/aromatic N) is 2. The molecule has 17 heavy (non-hydrogen) atoms. The van der Waals surface area contributed by atoms with Crippen molar-refractivity contribution in [2.75, 3.05) is 6.54 Å². The Morgan fingerprint density at radius 3 is 3.12 bits per heavy atom. The summed E-state index contributed by atoms with van der Waals surface area (Å²) >= 11 is 0. The van der Waals surface area contributed by atoms with Gasteiger partial charge in [-0.15, -0.1) is 0 Å². The third-order valence-electron chi connectivity index (χ3n) is 3.30. The molecule has 1 aliphatic carbocycles. The molecule has 0 saturated carbocycles. The Labute approximate surface area is 101 Å². The lowest BCUT2D eigenvalue weighted by Gasteiger charge is -2.23. The minimum atomic E-state index is -0.0619. The minimum Gasteiger partial charge on any atom is -0.334 e. The number of aromatic nitrogens is 2. The molecule has 0 radical (unpaired) electrons. The molecule has 4 heteroatoms. The van der Waals surface area contributed by atoms with Crippen LogP contribution in [0.5, 0.6) is 0 Å². The summed E-state index contributed by atoms with van der Waals surface area (Å²) in [7, 11) is 0. The van der Waals surface area contributed by atoms with Gasteiger partial charge in [0.25, 0.3) is 0 Å². The Morgan fingerprint density at radius 2 is 2.35 bits per heavy atom. The van der Waals surface area contributed by atoms with Crippen LogP contribution in [0.3, 0.4) is 0 Å². The Balaban J connectivity index is 2.08. The molecular weight excluding hydrogens is 217 g/mol. The van der Waals surface area contributed by atoms with E-state index < -0.39 is 0 Å². The summed E-state index contributed by atoms with van der Waals surface area (Å²) in [5, 5.41) is 0. The van der Waals surface area contributed by atoms with E-state index in [9.17, 15) is 4.39 Å². The third-order valence-corrected chi connectivity index (χ3v) is 3.30. The van der Waals surface area contributed by atoms with Crippen molar-refractivity contribution in [3.63, 3.8) is 0 Å². The van der Waals surface area contributed by atoms with E-state index in [1.165, 1.54) is 6.08 Å². The molecule has 2 rings (SSSR count). The van der Waals surface area contributed by atoms with Crippen LogP contribution in [0.1, 0.15) is 12.6 Å². The van der Waals surface area contributed by atoms with E-state index in [0.29, 0.717) is 6.54 Å². The Bertz CT molecular complexity index is 434. The molecular formula is C13H18FN3. The molecule has 92 valence electrons. The van der Waals surface area contributed by atoms with Crippen LogP contribution < -0.4 is 5.73 Å². The van der Waals surface area contributed by atoms with Gasteiger partial charge in [0.05, 0.1) is 6.33 Å². The maximum Gasteiger partial charge on any atom is 0.103 e. The molecule has 0 saturated heterocycles. The molecule has 1 aromatic rings. The number of hydrogen-bond donors (Lipinski definition) is 1. The van der Waals surface area contributed by atoms with E-state index in [1.54, 1.807) is 12.4 Å². The third kappa shape index (κ3) is 2.64. The number of imidazole rings is 1. The maximum absolute atomic E-state index is 13.5. The number of hydrogen-bond acceptors (Lipinski definition) is 2. The summed E-state index contributed by atoms with van der Waals surface area (Å²) in [6.07, 6.45) is 9.82. The summed E-state index contributed by atoms with van der Waals surface area (Å²) in [5.41, 5.74) is 6.66. The normalized spacial score (nSPS) is 23.8. The Kier molecular flexibility index (Phi) is 3.74. The van der Waals surface area contributed by atoms with Crippen molar-refractivity contribution in [1.29, 1.82) is 0 Å². The van der Waals surface area contributed by atoms with Gasteiger partial charge in [-0.25, -0.2) is 9.37 Å². The van der Waals surface area contributed by atoms with Gasteiger partial charge >= 0.3 is 0 Å². The van der Waals surface area contributed by atoms with Gasteiger partial charge in [0.1, 0.15) is 5.83 Å². The average Bonchev–Trinajstić information content (AvgIpc) is 2.73. The van der Waals surface area contributed by atoms with Crippen molar-refractivity contribution in [1.82, 2.24) is 9.55 Å². The number of allylic oxidation sites excluding steroid dienone is 4. The highest BCUT2D eigenvalue weighted by atomic mass is 19.1. The number of nitrogens with two attached hydrogens (primary N) is 1. The van der Waals surface area contributed by atoms with Crippen LogP contribution >= 0.6 is 0 Å². The van der Waals surface area contributed by atoms with Crippen LogP contribution in [0.2, 0.25) is 0 Å². The highest BCUT2D eigenvalue weighted by Crippen LogP contribution is 2.28. The predicted octanol–water partition coefficient (Wildman–Crippen LogP) is 2.06. The second-order valence-electron chi connectivity index (χ2n) is 4.46. The summed E-state index contributed by atoms with van der Waals surface area (Å²) < 4.78 is 15.5. The van der Waals surface area contributed by atoms with Crippen molar-refractivity contribution in [2.45, 2.75) is 19.9 Å². The van der Waals surface area contributed by atoms with E-state index >= 15 is 0 Å². The maximum atomic E-state index is 13.5. The summed E-state index contributed by atoms with van der Waals surface area (Å²) in [4.78, 5) is 4.13. The van der Waals surface area contributed by atoms with E-state index in [0.717, 1.165) is 18.7 Å². The number of rotatable bonds is 4. The molecule has 0 fully saturated rings. The molecule has 2 unspecified atom stereocenters. The van der Waals surface area contributed by atoms with Crippen LogP contribution in [-0.2, 0) is 13.0 Å². The second-order valence-corrected chi connectivity index (χ2v) is 4.46. The van der Waals surface area contributed by atoms with E-state index in [-0.39, 0.29) is 17.7 Å². The fraction of sp³-hybridized carbons (Fsp3) is 0.462. The Hall–Kier alpha value is -1.42.